The molecule has 150 valence electrons. The van der Waals surface area contributed by atoms with Crippen LogP contribution in [0.4, 0.5) is 4.79 Å². The van der Waals surface area contributed by atoms with E-state index < -0.39 is 0 Å². The van der Waals surface area contributed by atoms with Crippen LogP contribution in [0.25, 0.3) is 0 Å². The topological polar surface area (TPSA) is 59.0 Å². The van der Waals surface area contributed by atoms with Crippen LogP contribution in [0, 0.1) is 0 Å². The number of amides is 2. The summed E-state index contributed by atoms with van der Waals surface area (Å²) in [5.41, 5.74) is 1.12. The molecule has 2 amide bonds. The van der Waals surface area contributed by atoms with Gasteiger partial charge in [-0.05, 0) is 56.8 Å². The molecule has 6 nitrogen and oxygen atoms in total. The molecule has 2 saturated heterocycles. The minimum Gasteiger partial charge on any atom is -0.508 e. The fraction of sp³-hybridized carbons (Fsp3) is 0.667. The second-order valence-electron chi connectivity index (χ2n) is 7.92. The lowest BCUT2D eigenvalue weighted by atomic mass is 9.99. The zero-order valence-electron chi connectivity index (χ0n) is 16.6. The molecule has 1 aromatic carbocycles. The van der Waals surface area contributed by atoms with E-state index in [4.69, 9.17) is 0 Å². The molecule has 2 heterocycles. The van der Waals surface area contributed by atoms with Crippen LogP contribution >= 0.6 is 0 Å². The van der Waals surface area contributed by atoms with E-state index in [2.05, 4.69) is 27.1 Å². The monoisotopic (exact) mass is 374 g/mol. The summed E-state index contributed by atoms with van der Waals surface area (Å²) in [7, 11) is 2.18. The van der Waals surface area contributed by atoms with E-state index >= 15 is 0 Å². The average Bonchev–Trinajstić information content (AvgIpc) is 2.69. The molecule has 27 heavy (non-hydrogen) atoms. The Balaban J connectivity index is 1.42. The number of carbonyl (C=O) groups excluding carboxylic acids is 1. The van der Waals surface area contributed by atoms with Gasteiger partial charge in [-0.2, -0.15) is 0 Å². The zero-order chi connectivity index (χ0) is 19.1. The molecule has 0 saturated carbocycles. The second kappa shape index (κ2) is 9.95. The maximum absolute atomic E-state index is 12.7. The molecule has 2 aliphatic rings. The maximum Gasteiger partial charge on any atom is 0.317 e. The van der Waals surface area contributed by atoms with Crippen molar-refractivity contribution in [1.82, 2.24) is 20.0 Å². The van der Waals surface area contributed by atoms with Crippen LogP contribution in [0.3, 0.4) is 0 Å². The number of rotatable bonds is 6. The third-order valence-corrected chi connectivity index (χ3v) is 5.89. The van der Waals surface area contributed by atoms with Gasteiger partial charge in [-0.25, -0.2) is 4.79 Å². The number of carbonyl (C=O) groups is 1. The lowest BCUT2D eigenvalue weighted by molar-refractivity contribution is 0.117. The summed E-state index contributed by atoms with van der Waals surface area (Å²) in [5.74, 6) is 0.277. The molecule has 1 aromatic rings. The highest BCUT2D eigenvalue weighted by Crippen LogP contribution is 2.20. The highest BCUT2D eigenvalue weighted by atomic mass is 16.3. The van der Waals surface area contributed by atoms with Gasteiger partial charge in [-0.15, -0.1) is 0 Å². The summed E-state index contributed by atoms with van der Waals surface area (Å²) in [6.45, 7) is 7.17. The highest BCUT2D eigenvalue weighted by molar-refractivity contribution is 5.74. The van der Waals surface area contributed by atoms with Crippen molar-refractivity contribution < 1.29 is 9.90 Å². The number of benzene rings is 1. The van der Waals surface area contributed by atoms with Gasteiger partial charge in [0, 0.05) is 51.9 Å². The smallest absolute Gasteiger partial charge is 0.317 e. The fourth-order valence-electron chi connectivity index (χ4n) is 4.05. The lowest BCUT2D eigenvalue weighted by Gasteiger charge is -2.38. The van der Waals surface area contributed by atoms with E-state index in [9.17, 15) is 9.90 Å². The predicted molar refractivity (Wildman–Crippen MR) is 108 cm³/mol. The molecule has 0 unspecified atom stereocenters. The van der Waals surface area contributed by atoms with Crippen molar-refractivity contribution >= 4 is 6.03 Å². The van der Waals surface area contributed by atoms with E-state index in [-0.39, 0.29) is 11.8 Å². The van der Waals surface area contributed by atoms with Crippen LogP contribution in [0.5, 0.6) is 5.75 Å². The predicted octanol–water partition coefficient (Wildman–Crippen LogP) is 2.14. The van der Waals surface area contributed by atoms with Crippen molar-refractivity contribution in [1.29, 1.82) is 0 Å². The van der Waals surface area contributed by atoms with Crippen LogP contribution in [-0.2, 0) is 6.42 Å². The van der Waals surface area contributed by atoms with Crippen molar-refractivity contribution in [3.05, 3.63) is 29.8 Å². The van der Waals surface area contributed by atoms with Crippen LogP contribution in [-0.4, -0.2) is 84.7 Å². The van der Waals surface area contributed by atoms with Crippen LogP contribution < -0.4 is 5.32 Å². The second-order valence-corrected chi connectivity index (χ2v) is 7.92. The number of likely N-dealkylation sites (tertiary alicyclic amines) is 1. The van der Waals surface area contributed by atoms with E-state index in [1.54, 1.807) is 12.1 Å². The van der Waals surface area contributed by atoms with E-state index in [1.165, 1.54) is 6.42 Å². The van der Waals surface area contributed by atoms with Crippen molar-refractivity contribution in [3.8, 4) is 5.75 Å². The molecule has 0 bridgehead atoms. The third kappa shape index (κ3) is 6.11. The van der Waals surface area contributed by atoms with Gasteiger partial charge in [0.25, 0.3) is 0 Å². The first kappa shape index (κ1) is 20.0. The molecule has 2 aliphatic heterocycles. The Morgan fingerprint density at radius 2 is 1.85 bits per heavy atom. The summed E-state index contributed by atoms with van der Waals surface area (Å²) in [5, 5.41) is 12.4. The number of hydrogen-bond donors (Lipinski definition) is 2. The summed E-state index contributed by atoms with van der Waals surface area (Å²) in [4.78, 5) is 19.7. The van der Waals surface area contributed by atoms with Gasteiger partial charge in [0.05, 0.1) is 0 Å². The van der Waals surface area contributed by atoms with Gasteiger partial charge in [-0.1, -0.05) is 12.1 Å². The van der Waals surface area contributed by atoms with Crippen molar-refractivity contribution in [2.45, 2.75) is 38.1 Å². The molecule has 1 atom stereocenters. The molecule has 2 N–H and O–H groups in total. The highest BCUT2D eigenvalue weighted by Gasteiger charge is 2.27. The van der Waals surface area contributed by atoms with Gasteiger partial charge in [0.1, 0.15) is 5.75 Å². The average molecular weight is 375 g/mol. The number of aromatic hydroxyl groups is 1. The number of piperidine rings is 1. The van der Waals surface area contributed by atoms with E-state index in [1.807, 2.05) is 12.1 Å². The summed E-state index contributed by atoms with van der Waals surface area (Å²) in [6, 6.07) is 7.64. The van der Waals surface area contributed by atoms with Crippen molar-refractivity contribution in [2.24, 2.45) is 0 Å². The van der Waals surface area contributed by atoms with Gasteiger partial charge >= 0.3 is 6.03 Å². The van der Waals surface area contributed by atoms with E-state index in [0.29, 0.717) is 12.6 Å². The number of phenols is 1. The number of urea groups is 1. The Morgan fingerprint density at radius 1 is 1.11 bits per heavy atom. The van der Waals surface area contributed by atoms with Gasteiger partial charge in [-0.3, -0.25) is 0 Å². The number of likely N-dealkylation sites (N-methyl/N-ethyl adjacent to an activating group) is 1. The first-order valence-electron chi connectivity index (χ1n) is 10.3. The molecule has 0 radical (unpaired) electrons. The third-order valence-electron chi connectivity index (χ3n) is 5.89. The molecule has 6 heteroatoms. The van der Waals surface area contributed by atoms with Crippen LogP contribution in [0.1, 0.15) is 31.2 Å². The standard InChI is InChI=1S/C21H34N4O2/c1-23-14-16-24(17-15-23)13-10-19-4-2-3-12-25(19)21(27)22-11-9-18-5-7-20(26)8-6-18/h5-8,19,26H,2-4,9-17H2,1H3,(H,22,27)/t19-/m1/s1. The molecule has 2 fully saturated rings. The quantitative estimate of drug-likeness (QED) is 0.801. The molecular weight excluding hydrogens is 340 g/mol. The number of phenolic OH excluding ortho intramolecular Hbond substituents is 1. The van der Waals surface area contributed by atoms with Crippen LogP contribution in [0.2, 0.25) is 0 Å². The summed E-state index contributed by atoms with van der Waals surface area (Å²) < 4.78 is 0. The molecule has 3 rings (SSSR count). The maximum atomic E-state index is 12.7. The number of nitrogens with zero attached hydrogens (tertiary/aromatic N) is 3. The molecule has 0 spiro atoms. The fourth-order valence-corrected chi connectivity index (χ4v) is 4.05. The molecular formula is C21H34N4O2. The summed E-state index contributed by atoms with van der Waals surface area (Å²) in [6.07, 6.45) is 5.32. The Bertz CT molecular complexity index is 584. The van der Waals surface area contributed by atoms with Gasteiger partial charge < -0.3 is 25.1 Å². The number of hydrogen-bond acceptors (Lipinski definition) is 4. The molecule has 0 aliphatic carbocycles. The zero-order valence-corrected chi connectivity index (χ0v) is 16.6. The number of nitrogens with one attached hydrogen (secondary N) is 1. The number of piperazine rings is 1. The normalized spacial score (nSPS) is 22.0. The van der Waals surface area contributed by atoms with E-state index in [0.717, 1.165) is 70.5 Å². The first-order valence-corrected chi connectivity index (χ1v) is 10.3. The van der Waals surface area contributed by atoms with Gasteiger partial charge in [0.15, 0.2) is 0 Å². The Labute approximate surface area is 163 Å². The summed E-state index contributed by atoms with van der Waals surface area (Å²) >= 11 is 0. The van der Waals surface area contributed by atoms with Gasteiger partial charge in [0.2, 0.25) is 0 Å². The lowest BCUT2D eigenvalue weighted by Crippen LogP contribution is -2.51. The van der Waals surface area contributed by atoms with Crippen LogP contribution in [0.15, 0.2) is 24.3 Å². The largest absolute Gasteiger partial charge is 0.508 e. The Kier molecular flexibility index (Phi) is 7.35. The minimum absolute atomic E-state index is 0.0804. The minimum atomic E-state index is 0.0804. The Morgan fingerprint density at radius 3 is 2.59 bits per heavy atom. The SMILES string of the molecule is CN1CCN(CC[C@H]2CCCCN2C(=O)NCCc2ccc(O)cc2)CC1. The first-order chi connectivity index (χ1) is 13.1. The van der Waals surface area contributed by atoms with Crippen molar-refractivity contribution in [3.63, 3.8) is 0 Å². The Hall–Kier alpha value is -1.79. The van der Waals surface area contributed by atoms with Crippen molar-refractivity contribution in [2.75, 3.05) is 52.9 Å². The molecule has 0 aromatic heterocycles.